The smallest absolute Gasteiger partial charge is 0.414 e. The Kier molecular flexibility index (Phi) is 2.39. The lowest BCUT2D eigenvalue weighted by molar-refractivity contribution is 0.178. The summed E-state index contributed by atoms with van der Waals surface area (Å²) in [6, 6.07) is 9.82. The number of cyclic esters (lactones) is 1. The second-order valence-electron chi connectivity index (χ2n) is 3.34. The van der Waals surface area contributed by atoms with Crippen LogP contribution in [0.2, 0.25) is 0 Å². The molecule has 3 heteroatoms. The maximum atomic E-state index is 11.4. The van der Waals surface area contributed by atoms with Crippen LogP contribution in [0.3, 0.4) is 0 Å². The molecule has 0 aliphatic carbocycles. The highest BCUT2D eigenvalue weighted by molar-refractivity contribution is 5.90. The number of hydrogen-bond donors (Lipinski definition) is 0. The SMILES string of the molecule is CC[C@H]1COC(=O)N1c1ccccc1. The first-order chi connectivity index (χ1) is 6.83. The Hall–Kier alpha value is -1.51. The Morgan fingerprint density at radius 2 is 2.14 bits per heavy atom. The minimum absolute atomic E-state index is 0.185. The van der Waals surface area contributed by atoms with Crippen molar-refractivity contribution in [3.8, 4) is 0 Å². The van der Waals surface area contributed by atoms with Crippen molar-refractivity contribution >= 4 is 11.8 Å². The zero-order valence-electron chi connectivity index (χ0n) is 8.14. The molecule has 14 heavy (non-hydrogen) atoms. The maximum absolute atomic E-state index is 11.4. The third kappa shape index (κ3) is 1.45. The molecule has 0 bridgehead atoms. The highest BCUT2D eigenvalue weighted by atomic mass is 16.6. The number of hydrogen-bond acceptors (Lipinski definition) is 2. The van der Waals surface area contributed by atoms with Crippen LogP contribution < -0.4 is 4.90 Å². The molecule has 1 saturated heterocycles. The molecule has 0 radical (unpaired) electrons. The van der Waals surface area contributed by atoms with E-state index in [4.69, 9.17) is 4.74 Å². The van der Waals surface area contributed by atoms with E-state index in [0.29, 0.717) is 6.61 Å². The molecule has 2 rings (SSSR count). The van der Waals surface area contributed by atoms with E-state index in [-0.39, 0.29) is 12.1 Å². The molecule has 1 aromatic carbocycles. The molecule has 1 fully saturated rings. The summed E-state index contributed by atoms with van der Waals surface area (Å²) in [4.78, 5) is 13.2. The zero-order chi connectivity index (χ0) is 9.97. The summed E-state index contributed by atoms with van der Waals surface area (Å²) in [5.41, 5.74) is 0.918. The standard InChI is InChI=1S/C11H13NO2/c1-2-9-8-14-11(13)12(9)10-6-4-3-5-7-10/h3-7,9H,2,8H2,1H3/t9-/m0/s1. The number of para-hydroxylation sites is 1. The molecule has 3 nitrogen and oxygen atoms in total. The van der Waals surface area contributed by atoms with Crippen LogP contribution in [0.4, 0.5) is 10.5 Å². The number of benzene rings is 1. The fourth-order valence-electron chi connectivity index (χ4n) is 1.67. The van der Waals surface area contributed by atoms with Gasteiger partial charge in [-0.2, -0.15) is 0 Å². The fourth-order valence-corrected chi connectivity index (χ4v) is 1.67. The van der Waals surface area contributed by atoms with E-state index in [1.54, 1.807) is 4.90 Å². The van der Waals surface area contributed by atoms with Gasteiger partial charge < -0.3 is 4.74 Å². The van der Waals surface area contributed by atoms with Crippen molar-refractivity contribution in [2.45, 2.75) is 19.4 Å². The first kappa shape index (κ1) is 9.06. The number of rotatable bonds is 2. The summed E-state index contributed by atoms with van der Waals surface area (Å²) in [7, 11) is 0. The Labute approximate surface area is 83.3 Å². The van der Waals surface area contributed by atoms with E-state index in [1.807, 2.05) is 30.3 Å². The molecular formula is C11H13NO2. The van der Waals surface area contributed by atoms with E-state index in [1.165, 1.54) is 0 Å². The van der Waals surface area contributed by atoms with Gasteiger partial charge in [0.25, 0.3) is 0 Å². The van der Waals surface area contributed by atoms with Crippen LogP contribution in [0.25, 0.3) is 0 Å². The van der Waals surface area contributed by atoms with Gasteiger partial charge >= 0.3 is 6.09 Å². The molecule has 0 N–H and O–H groups in total. The van der Waals surface area contributed by atoms with Crippen LogP contribution >= 0.6 is 0 Å². The van der Waals surface area contributed by atoms with Gasteiger partial charge in [-0.3, -0.25) is 4.90 Å². The third-order valence-corrected chi connectivity index (χ3v) is 2.47. The average molecular weight is 191 g/mol. The lowest BCUT2D eigenvalue weighted by Crippen LogP contribution is -2.32. The molecule has 1 heterocycles. The molecule has 1 aromatic rings. The van der Waals surface area contributed by atoms with Gasteiger partial charge in [0, 0.05) is 5.69 Å². The molecule has 0 spiro atoms. The highest BCUT2D eigenvalue weighted by Gasteiger charge is 2.32. The number of nitrogens with zero attached hydrogens (tertiary/aromatic N) is 1. The molecule has 0 unspecified atom stereocenters. The van der Waals surface area contributed by atoms with Gasteiger partial charge in [0.15, 0.2) is 0 Å². The van der Waals surface area contributed by atoms with Crippen LogP contribution in [0.15, 0.2) is 30.3 Å². The number of carbonyl (C=O) groups excluding carboxylic acids is 1. The normalized spacial score (nSPS) is 21.1. The Balaban J connectivity index is 2.28. The van der Waals surface area contributed by atoms with Gasteiger partial charge in [-0.25, -0.2) is 4.79 Å². The van der Waals surface area contributed by atoms with Crippen LogP contribution in [-0.2, 0) is 4.74 Å². The third-order valence-electron chi connectivity index (χ3n) is 2.47. The predicted molar refractivity (Wildman–Crippen MR) is 54.3 cm³/mol. The van der Waals surface area contributed by atoms with Gasteiger partial charge in [-0.15, -0.1) is 0 Å². The largest absolute Gasteiger partial charge is 0.447 e. The summed E-state index contributed by atoms with van der Waals surface area (Å²) in [6.07, 6.45) is 0.684. The minimum atomic E-state index is -0.233. The molecule has 0 saturated carbocycles. The lowest BCUT2D eigenvalue weighted by Gasteiger charge is -2.19. The number of anilines is 1. The van der Waals surface area contributed by atoms with Gasteiger partial charge in [0.2, 0.25) is 0 Å². The lowest BCUT2D eigenvalue weighted by atomic mass is 10.2. The van der Waals surface area contributed by atoms with Crippen molar-refractivity contribution in [3.05, 3.63) is 30.3 Å². The summed E-state index contributed by atoms with van der Waals surface area (Å²) < 4.78 is 5.01. The van der Waals surface area contributed by atoms with Crippen LogP contribution in [0.1, 0.15) is 13.3 Å². The zero-order valence-corrected chi connectivity index (χ0v) is 8.14. The highest BCUT2D eigenvalue weighted by Crippen LogP contribution is 2.23. The molecule has 74 valence electrons. The van der Waals surface area contributed by atoms with E-state index in [0.717, 1.165) is 12.1 Å². The molecule has 0 aromatic heterocycles. The number of ether oxygens (including phenoxy) is 1. The monoisotopic (exact) mass is 191 g/mol. The summed E-state index contributed by atoms with van der Waals surface area (Å²) in [6.45, 7) is 2.56. The predicted octanol–water partition coefficient (Wildman–Crippen LogP) is 2.42. The quantitative estimate of drug-likeness (QED) is 0.718. The van der Waals surface area contributed by atoms with Crippen molar-refractivity contribution in [1.29, 1.82) is 0 Å². The molecule has 1 atom stereocenters. The van der Waals surface area contributed by atoms with E-state index >= 15 is 0 Å². The van der Waals surface area contributed by atoms with Crippen molar-refractivity contribution in [3.63, 3.8) is 0 Å². The average Bonchev–Trinajstić information content (AvgIpc) is 2.61. The first-order valence-electron chi connectivity index (χ1n) is 4.84. The Morgan fingerprint density at radius 3 is 2.79 bits per heavy atom. The second-order valence-corrected chi connectivity index (χ2v) is 3.34. The van der Waals surface area contributed by atoms with Crippen molar-refractivity contribution in [2.24, 2.45) is 0 Å². The number of amides is 1. The van der Waals surface area contributed by atoms with E-state index in [9.17, 15) is 4.79 Å². The van der Waals surface area contributed by atoms with Gasteiger partial charge in [0.05, 0.1) is 6.04 Å². The molecular weight excluding hydrogens is 178 g/mol. The number of carbonyl (C=O) groups is 1. The van der Waals surface area contributed by atoms with E-state index in [2.05, 4.69) is 6.92 Å². The van der Waals surface area contributed by atoms with Crippen LogP contribution in [-0.4, -0.2) is 18.7 Å². The van der Waals surface area contributed by atoms with Crippen LogP contribution in [0.5, 0.6) is 0 Å². The Bertz CT molecular complexity index is 323. The maximum Gasteiger partial charge on any atom is 0.414 e. The van der Waals surface area contributed by atoms with Crippen molar-refractivity contribution in [1.82, 2.24) is 0 Å². The summed E-state index contributed by atoms with van der Waals surface area (Å²) in [5.74, 6) is 0. The topological polar surface area (TPSA) is 29.5 Å². The molecule has 1 aliphatic heterocycles. The van der Waals surface area contributed by atoms with Gasteiger partial charge in [0.1, 0.15) is 6.61 Å². The fraction of sp³-hybridized carbons (Fsp3) is 0.364. The summed E-state index contributed by atoms with van der Waals surface area (Å²) in [5, 5.41) is 0. The van der Waals surface area contributed by atoms with Crippen LogP contribution in [0, 0.1) is 0 Å². The van der Waals surface area contributed by atoms with Gasteiger partial charge in [-0.05, 0) is 18.6 Å². The van der Waals surface area contributed by atoms with Crippen molar-refractivity contribution in [2.75, 3.05) is 11.5 Å². The molecule has 1 aliphatic rings. The van der Waals surface area contributed by atoms with Crippen molar-refractivity contribution < 1.29 is 9.53 Å². The first-order valence-corrected chi connectivity index (χ1v) is 4.84. The van der Waals surface area contributed by atoms with Gasteiger partial charge in [-0.1, -0.05) is 25.1 Å². The second kappa shape index (κ2) is 3.70. The summed E-state index contributed by atoms with van der Waals surface area (Å²) >= 11 is 0. The Morgan fingerprint density at radius 1 is 1.43 bits per heavy atom. The molecule has 1 amide bonds. The van der Waals surface area contributed by atoms with E-state index < -0.39 is 0 Å². The minimum Gasteiger partial charge on any atom is -0.447 e.